The van der Waals surface area contributed by atoms with Gasteiger partial charge in [0.1, 0.15) is 0 Å². The van der Waals surface area contributed by atoms with Crippen molar-refractivity contribution in [2.45, 2.75) is 37.5 Å². The molecule has 2 rings (SSSR count). The Morgan fingerprint density at radius 1 is 0.875 bits per heavy atom. The van der Waals surface area contributed by atoms with Crippen LogP contribution in [0.5, 0.6) is 0 Å². The van der Waals surface area contributed by atoms with Crippen molar-refractivity contribution in [1.29, 1.82) is 0 Å². The van der Waals surface area contributed by atoms with Crippen molar-refractivity contribution >= 4 is 20.2 Å². The predicted octanol–water partition coefficient (Wildman–Crippen LogP) is 4.80. The summed E-state index contributed by atoms with van der Waals surface area (Å²) >= 11 is 0. The largest absolute Gasteiger partial charge is 0.297 e. The minimum Gasteiger partial charge on any atom is -0.266 e. The number of rotatable bonds is 11. The van der Waals surface area contributed by atoms with E-state index in [4.69, 9.17) is 8.37 Å². The summed E-state index contributed by atoms with van der Waals surface area (Å²) < 4.78 is 60.0. The summed E-state index contributed by atoms with van der Waals surface area (Å²) in [5.41, 5.74) is 1.13. The molecule has 0 saturated heterocycles. The molecule has 0 N–H and O–H groups in total. The lowest BCUT2D eigenvalue weighted by Crippen LogP contribution is -2.21. The molecule has 0 aliphatic heterocycles. The van der Waals surface area contributed by atoms with Gasteiger partial charge in [-0.15, -0.1) is 6.58 Å². The monoisotopic (exact) mass is 478 g/mol. The van der Waals surface area contributed by atoms with Gasteiger partial charge in [-0.3, -0.25) is 8.37 Å². The van der Waals surface area contributed by atoms with Gasteiger partial charge in [0, 0.05) is 5.41 Å². The summed E-state index contributed by atoms with van der Waals surface area (Å²) in [6.45, 7) is 10.9. The van der Waals surface area contributed by atoms with E-state index in [-0.39, 0.29) is 28.9 Å². The Morgan fingerprint density at radius 3 is 1.75 bits per heavy atom. The molecule has 6 nitrogen and oxygen atoms in total. The molecule has 0 radical (unpaired) electrons. The van der Waals surface area contributed by atoms with E-state index < -0.39 is 25.7 Å². The van der Waals surface area contributed by atoms with Crippen molar-refractivity contribution < 1.29 is 25.2 Å². The van der Waals surface area contributed by atoms with Gasteiger partial charge in [-0.2, -0.15) is 16.8 Å². The Kier molecular flexibility index (Phi) is 8.59. The molecule has 0 heterocycles. The highest BCUT2D eigenvalue weighted by molar-refractivity contribution is 7.87. The summed E-state index contributed by atoms with van der Waals surface area (Å²) in [5.74, 6) is -0.247. The van der Waals surface area contributed by atoms with Crippen LogP contribution in [-0.4, -0.2) is 30.0 Å². The molecule has 32 heavy (non-hydrogen) atoms. The number of benzene rings is 2. The molecule has 0 aromatic heterocycles. The molecule has 0 aliphatic rings. The molecule has 0 fully saturated rings. The van der Waals surface area contributed by atoms with Crippen LogP contribution in [0.4, 0.5) is 0 Å². The fourth-order valence-electron chi connectivity index (χ4n) is 2.56. The molecule has 0 unspecified atom stereocenters. The van der Waals surface area contributed by atoms with Crippen LogP contribution in [0.3, 0.4) is 0 Å². The SMILES string of the molecule is C=C[C@@](C)(/C=C/[C@H](C)COS(=O)(=O)c1ccc(C)cc1)COS(=O)(=O)c1ccc(C)cc1. The Morgan fingerprint density at radius 2 is 1.31 bits per heavy atom. The lowest BCUT2D eigenvalue weighted by Gasteiger charge is -2.22. The van der Waals surface area contributed by atoms with Crippen LogP contribution in [0, 0.1) is 25.2 Å². The van der Waals surface area contributed by atoms with E-state index in [1.807, 2.05) is 13.8 Å². The summed E-state index contributed by atoms with van der Waals surface area (Å²) in [6.07, 6.45) is 5.09. The van der Waals surface area contributed by atoms with E-state index in [2.05, 4.69) is 6.58 Å². The first-order chi connectivity index (χ1) is 14.9. The molecule has 0 bridgehead atoms. The first-order valence-corrected chi connectivity index (χ1v) is 12.9. The number of aryl methyl sites for hydroxylation is 2. The first-order valence-electron chi connectivity index (χ1n) is 10.1. The lowest BCUT2D eigenvalue weighted by atomic mass is 9.90. The summed E-state index contributed by atoms with van der Waals surface area (Å²) in [4.78, 5) is 0.187. The number of hydrogen-bond acceptors (Lipinski definition) is 6. The van der Waals surface area contributed by atoms with Gasteiger partial charge >= 0.3 is 0 Å². The van der Waals surface area contributed by atoms with Crippen molar-refractivity contribution in [3.05, 3.63) is 84.5 Å². The lowest BCUT2D eigenvalue weighted by molar-refractivity contribution is 0.246. The Bertz CT molecular complexity index is 1150. The molecular formula is C24H30O6S2. The van der Waals surface area contributed by atoms with Crippen molar-refractivity contribution in [3.63, 3.8) is 0 Å². The highest BCUT2D eigenvalue weighted by Gasteiger charge is 2.24. The maximum absolute atomic E-state index is 12.4. The normalized spacial score (nSPS) is 15.4. The van der Waals surface area contributed by atoms with Crippen molar-refractivity contribution in [2.75, 3.05) is 13.2 Å². The molecule has 0 aliphatic carbocycles. The van der Waals surface area contributed by atoms with Crippen LogP contribution >= 0.6 is 0 Å². The second-order valence-electron chi connectivity index (χ2n) is 8.13. The Labute approximate surface area is 191 Å². The van der Waals surface area contributed by atoms with Crippen molar-refractivity contribution in [2.24, 2.45) is 11.3 Å². The van der Waals surface area contributed by atoms with Gasteiger partial charge in [0.05, 0.1) is 23.0 Å². The molecule has 2 atom stereocenters. The second-order valence-corrected chi connectivity index (χ2v) is 11.4. The second kappa shape index (κ2) is 10.6. The predicted molar refractivity (Wildman–Crippen MR) is 125 cm³/mol. The minimum atomic E-state index is -3.91. The van der Waals surface area contributed by atoms with Crippen molar-refractivity contribution in [1.82, 2.24) is 0 Å². The van der Waals surface area contributed by atoms with Gasteiger partial charge < -0.3 is 0 Å². The van der Waals surface area contributed by atoms with Crippen LogP contribution < -0.4 is 0 Å². The molecule has 8 heteroatoms. The van der Waals surface area contributed by atoms with Crippen LogP contribution in [-0.2, 0) is 28.6 Å². The number of hydrogen-bond donors (Lipinski definition) is 0. The quantitative estimate of drug-likeness (QED) is 0.341. The average molecular weight is 479 g/mol. The third-order valence-electron chi connectivity index (χ3n) is 4.90. The fraction of sp³-hybridized carbons (Fsp3) is 0.333. The van der Waals surface area contributed by atoms with Gasteiger partial charge in [-0.25, -0.2) is 0 Å². The van der Waals surface area contributed by atoms with Crippen LogP contribution in [0.15, 0.2) is 83.1 Å². The highest BCUT2D eigenvalue weighted by atomic mass is 32.2. The zero-order valence-corrected chi connectivity index (χ0v) is 20.4. The van der Waals surface area contributed by atoms with E-state index in [0.717, 1.165) is 11.1 Å². The maximum atomic E-state index is 12.4. The van der Waals surface area contributed by atoms with Crippen LogP contribution in [0.25, 0.3) is 0 Å². The standard InChI is InChI=1S/C24H30O6S2/c1-6-24(5,18-30-32(27,28)23-13-9-20(3)10-14-23)16-15-21(4)17-29-31(25,26)22-11-7-19(2)8-12-22/h6-16,21H,1,17-18H2,2-5H3/b16-15+/t21-,24-/m0/s1. The van der Waals surface area contributed by atoms with Gasteiger partial charge in [0.25, 0.3) is 20.2 Å². The Balaban J connectivity index is 1.98. The van der Waals surface area contributed by atoms with E-state index >= 15 is 0 Å². The zero-order chi connectivity index (χ0) is 24.0. The van der Waals surface area contributed by atoms with Gasteiger partial charge in [0.15, 0.2) is 0 Å². The fourth-order valence-corrected chi connectivity index (χ4v) is 4.58. The molecule has 0 spiro atoms. The maximum Gasteiger partial charge on any atom is 0.297 e. The summed E-state index contributed by atoms with van der Waals surface area (Å²) in [7, 11) is -7.76. The molecular weight excluding hydrogens is 448 g/mol. The first kappa shape index (κ1) is 26.0. The zero-order valence-electron chi connectivity index (χ0n) is 18.8. The third kappa shape index (κ3) is 7.41. The van der Waals surface area contributed by atoms with E-state index in [1.165, 1.54) is 24.3 Å². The molecule has 2 aromatic rings. The average Bonchev–Trinajstić information content (AvgIpc) is 2.76. The molecule has 174 valence electrons. The summed E-state index contributed by atoms with van der Waals surface area (Å²) in [5, 5.41) is 0. The summed E-state index contributed by atoms with van der Waals surface area (Å²) in [6, 6.07) is 12.8. The molecule has 0 saturated carbocycles. The van der Waals surface area contributed by atoms with Gasteiger partial charge in [-0.05, 0) is 44.0 Å². The minimum absolute atomic E-state index is 0.0531. The van der Waals surface area contributed by atoms with Crippen LogP contribution in [0.1, 0.15) is 25.0 Å². The molecule has 2 aromatic carbocycles. The van der Waals surface area contributed by atoms with E-state index in [1.54, 1.807) is 56.3 Å². The topological polar surface area (TPSA) is 86.7 Å². The third-order valence-corrected chi connectivity index (χ3v) is 7.48. The van der Waals surface area contributed by atoms with Gasteiger partial charge in [0.2, 0.25) is 0 Å². The Hall–Kier alpha value is -2.26. The van der Waals surface area contributed by atoms with E-state index in [0.29, 0.717) is 0 Å². The van der Waals surface area contributed by atoms with E-state index in [9.17, 15) is 16.8 Å². The van der Waals surface area contributed by atoms with Crippen LogP contribution in [0.2, 0.25) is 0 Å². The molecule has 0 amide bonds. The van der Waals surface area contributed by atoms with Crippen molar-refractivity contribution in [3.8, 4) is 0 Å². The van der Waals surface area contributed by atoms with Gasteiger partial charge in [-0.1, -0.05) is 67.5 Å². The smallest absolute Gasteiger partial charge is 0.266 e. The highest BCUT2D eigenvalue weighted by Crippen LogP contribution is 2.25.